The smallest absolute Gasteiger partial charge is 0.196 e. The standard InChI is InChI=1S/C21H25FN4OS/c1-5-19(25(2)3)20-23-24-21(28-14-15-8-6-7-9-18(15)22)26(20)16-10-12-17(27-4)13-11-16/h6-13,19H,5,14H2,1-4H3. The maximum atomic E-state index is 14.0. The molecule has 0 N–H and O–H groups in total. The van der Waals surface area contributed by atoms with E-state index in [9.17, 15) is 4.39 Å². The maximum Gasteiger partial charge on any atom is 0.196 e. The number of halogens is 1. The van der Waals surface area contributed by atoms with E-state index in [2.05, 4.69) is 26.6 Å². The highest BCUT2D eigenvalue weighted by molar-refractivity contribution is 7.98. The van der Waals surface area contributed by atoms with Gasteiger partial charge in [0.2, 0.25) is 0 Å². The molecule has 0 aliphatic carbocycles. The normalized spacial score (nSPS) is 12.4. The summed E-state index contributed by atoms with van der Waals surface area (Å²) in [4.78, 5) is 2.13. The van der Waals surface area contributed by atoms with Crippen molar-refractivity contribution < 1.29 is 9.13 Å². The molecule has 1 heterocycles. The second kappa shape index (κ2) is 9.21. The molecule has 7 heteroatoms. The molecule has 3 aromatic rings. The maximum absolute atomic E-state index is 14.0. The van der Waals surface area contributed by atoms with Gasteiger partial charge in [0.25, 0.3) is 0 Å². The average Bonchev–Trinajstić information content (AvgIpc) is 3.11. The molecule has 0 spiro atoms. The lowest BCUT2D eigenvalue weighted by molar-refractivity contribution is 0.276. The highest BCUT2D eigenvalue weighted by Gasteiger charge is 2.23. The molecule has 5 nitrogen and oxygen atoms in total. The molecule has 0 saturated heterocycles. The van der Waals surface area contributed by atoms with Gasteiger partial charge in [0, 0.05) is 11.4 Å². The molecule has 0 fully saturated rings. The summed E-state index contributed by atoms with van der Waals surface area (Å²) < 4.78 is 21.3. The van der Waals surface area contributed by atoms with Crippen molar-refractivity contribution in [3.05, 3.63) is 65.7 Å². The number of benzene rings is 2. The van der Waals surface area contributed by atoms with E-state index >= 15 is 0 Å². The molecule has 2 aromatic carbocycles. The quantitative estimate of drug-likeness (QED) is 0.512. The lowest BCUT2D eigenvalue weighted by Gasteiger charge is -2.23. The molecule has 0 bridgehead atoms. The van der Waals surface area contributed by atoms with Crippen LogP contribution in [0.4, 0.5) is 4.39 Å². The van der Waals surface area contributed by atoms with Crippen LogP contribution in [0, 0.1) is 5.82 Å². The summed E-state index contributed by atoms with van der Waals surface area (Å²) >= 11 is 1.48. The summed E-state index contributed by atoms with van der Waals surface area (Å²) in [5.74, 6) is 1.94. The largest absolute Gasteiger partial charge is 0.497 e. The van der Waals surface area contributed by atoms with Gasteiger partial charge in [-0.2, -0.15) is 0 Å². The zero-order valence-electron chi connectivity index (χ0n) is 16.6. The fourth-order valence-corrected chi connectivity index (χ4v) is 4.05. The Kier molecular flexibility index (Phi) is 6.70. The fourth-order valence-electron chi connectivity index (χ4n) is 3.10. The van der Waals surface area contributed by atoms with Gasteiger partial charge in [-0.1, -0.05) is 36.9 Å². The minimum Gasteiger partial charge on any atom is -0.497 e. The molecule has 0 saturated carbocycles. The summed E-state index contributed by atoms with van der Waals surface area (Å²) in [6.45, 7) is 2.13. The molecule has 28 heavy (non-hydrogen) atoms. The van der Waals surface area contributed by atoms with Crippen molar-refractivity contribution in [2.24, 2.45) is 0 Å². The Bertz CT molecular complexity index is 911. The van der Waals surface area contributed by atoms with Crippen molar-refractivity contribution in [1.29, 1.82) is 0 Å². The van der Waals surface area contributed by atoms with Gasteiger partial charge in [-0.3, -0.25) is 9.47 Å². The van der Waals surface area contributed by atoms with Crippen LogP contribution in [-0.2, 0) is 5.75 Å². The third-order valence-electron chi connectivity index (χ3n) is 4.61. The fraction of sp³-hybridized carbons (Fsp3) is 0.333. The summed E-state index contributed by atoms with van der Waals surface area (Å²) in [6, 6.07) is 14.8. The Hall–Kier alpha value is -2.38. The lowest BCUT2D eigenvalue weighted by Crippen LogP contribution is -2.22. The minimum atomic E-state index is -0.203. The molecule has 0 aliphatic rings. The lowest BCUT2D eigenvalue weighted by atomic mass is 10.2. The van der Waals surface area contributed by atoms with Crippen LogP contribution in [0.1, 0.15) is 30.8 Å². The van der Waals surface area contributed by atoms with Crippen molar-refractivity contribution in [3.63, 3.8) is 0 Å². The first-order chi connectivity index (χ1) is 13.5. The van der Waals surface area contributed by atoms with Crippen LogP contribution in [0.2, 0.25) is 0 Å². The van der Waals surface area contributed by atoms with E-state index in [-0.39, 0.29) is 11.9 Å². The van der Waals surface area contributed by atoms with Gasteiger partial charge in [-0.05, 0) is 56.4 Å². The van der Waals surface area contributed by atoms with Crippen molar-refractivity contribution in [1.82, 2.24) is 19.7 Å². The number of hydrogen-bond donors (Lipinski definition) is 0. The summed E-state index contributed by atoms with van der Waals surface area (Å²) in [7, 11) is 5.72. The molecule has 0 amide bonds. The summed E-state index contributed by atoms with van der Waals surface area (Å²) in [5.41, 5.74) is 1.61. The molecule has 0 aliphatic heterocycles. The predicted molar refractivity (Wildman–Crippen MR) is 111 cm³/mol. The first kappa shape index (κ1) is 20.4. The Morgan fingerprint density at radius 3 is 2.43 bits per heavy atom. The Morgan fingerprint density at radius 1 is 1.11 bits per heavy atom. The number of aromatic nitrogens is 3. The summed E-state index contributed by atoms with van der Waals surface area (Å²) in [6.07, 6.45) is 0.902. The zero-order valence-corrected chi connectivity index (χ0v) is 17.4. The highest BCUT2D eigenvalue weighted by Crippen LogP contribution is 2.31. The van der Waals surface area contributed by atoms with E-state index in [0.29, 0.717) is 11.3 Å². The van der Waals surface area contributed by atoms with Gasteiger partial charge in [0.05, 0.1) is 13.2 Å². The average molecular weight is 401 g/mol. The molecule has 1 aromatic heterocycles. The first-order valence-electron chi connectivity index (χ1n) is 9.17. The molecule has 1 atom stereocenters. The van der Waals surface area contributed by atoms with Crippen molar-refractivity contribution in [2.75, 3.05) is 21.2 Å². The number of methoxy groups -OCH3 is 1. The predicted octanol–water partition coefficient (Wildman–Crippen LogP) is 4.72. The number of nitrogens with zero attached hydrogens (tertiary/aromatic N) is 4. The number of rotatable bonds is 8. The molecular weight excluding hydrogens is 375 g/mol. The molecular formula is C21H25FN4OS. The van der Waals surface area contributed by atoms with Crippen LogP contribution in [0.25, 0.3) is 5.69 Å². The second-order valence-corrected chi connectivity index (χ2v) is 7.58. The van der Waals surface area contributed by atoms with E-state index in [4.69, 9.17) is 4.74 Å². The zero-order chi connectivity index (χ0) is 20.1. The van der Waals surface area contributed by atoms with Crippen molar-refractivity contribution in [3.8, 4) is 11.4 Å². The third-order valence-corrected chi connectivity index (χ3v) is 5.59. The van der Waals surface area contributed by atoms with Crippen LogP contribution in [0.15, 0.2) is 53.7 Å². The third kappa shape index (κ3) is 4.36. The van der Waals surface area contributed by atoms with Crippen LogP contribution >= 0.6 is 11.8 Å². The Balaban J connectivity index is 1.99. The summed E-state index contributed by atoms with van der Waals surface area (Å²) in [5, 5.41) is 9.65. The van der Waals surface area contributed by atoms with Crippen LogP contribution in [0.3, 0.4) is 0 Å². The molecule has 0 radical (unpaired) electrons. The first-order valence-corrected chi connectivity index (χ1v) is 10.2. The van der Waals surface area contributed by atoms with E-state index in [1.165, 1.54) is 17.8 Å². The minimum absolute atomic E-state index is 0.123. The topological polar surface area (TPSA) is 43.2 Å². The van der Waals surface area contributed by atoms with Gasteiger partial charge in [0.15, 0.2) is 11.0 Å². The van der Waals surface area contributed by atoms with Crippen LogP contribution in [-0.4, -0.2) is 40.9 Å². The number of thioether (sulfide) groups is 1. The molecule has 1 unspecified atom stereocenters. The highest BCUT2D eigenvalue weighted by atomic mass is 32.2. The van der Waals surface area contributed by atoms with Gasteiger partial charge in [-0.15, -0.1) is 10.2 Å². The van der Waals surface area contributed by atoms with Gasteiger partial charge in [-0.25, -0.2) is 4.39 Å². The van der Waals surface area contributed by atoms with Crippen LogP contribution in [0.5, 0.6) is 5.75 Å². The number of ether oxygens (including phenoxy) is 1. The molecule has 148 valence electrons. The van der Waals surface area contributed by atoms with E-state index in [0.717, 1.165) is 28.8 Å². The van der Waals surface area contributed by atoms with Crippen molar-refractivity contribution >= 4 is 11.8 Å². The SMILES string of the molecule is CCC(c1nnc(SCc2ccccc2F)n1-c1ccc(OC)cc1)N(C)C. The van der Waals surface area contributed by atoms with E-state index in [1.54, 1.807) is 19.2 Å². The van der Waals surface area contributed by atoms with Gasteiger partial charge in [0.1, 0.15) is 11.6 Å². The second-order valence-electron chi connectivity index (χ2n) is 6.64. The monoisotopic (exact) mass is 400 g/mol. The Labute approximate surface area is 169 Å². The Morgan fingerprint density at radius 2 is 1.82 bits per heavy atom. The van der Waals surface area contributed by atoms with E-state index < -0.39 is 0 Å². The molecule has 3 rings (SSSR count). The van der Waals surface area contributed by atoms with Crippen LogP contribution < -0.4 is 4.74 Å². The van der Waals surface area contributed by atoms with Crippen molar-refractivity contribution in [2.45, 2.75) is 30.3 Å². The van der Waals surface area contributed by atoms with Gasteiger partial charge >= 0.3 is 0 Å². The van der Waals surface area contributed by atoms with Gasteiger partial charge < -0.3 is 4.74 Å². The van der Waals surface area contributed by atoms with E-state index in [1.807, 2.05) is 44.4 Å². The number of hydrogen-bond acceptors (Lipinski definition) is 5.